The van der Waals surface area contributed by atoms with E-state index in [4.69, 9.17) is 0 Å². The molecule has 0 bridgehead atoms. The van der Waals surface area contributed by atoms with Crippen molar-refractivity contribution in [1.29, 1.82) is 0 Å². The van der Waals surface area contributed by atoms with Crippen LogP contribution >= 0.6 is 0 Å². The maximum atomic E-state index is 12.3. The normalized spacial score (nSPS) is 10.2. The number of nitrogens with zero attached hydrogens (tertiary/aromatic N) is 2. The Morgan fingerprint density at radius 1 is 1.17 bits per heavy atom. The van der Waals surface area contributed by atoms with Gasteiger partial charge in [-0.3, -0.25) is 14.9 Å². The molecule has 6 heteroatoms. The van der Waals surface area contributed by atoms with Crippen molar-refractivity contribution in [3.05, 3.63) is 63.7 Å². The smallest absolute Gasteiger partial charge is 0.293 e. The summed E-state index contributed by atoms with van der Waals surface area (Å²) >= 11 is 0. The summed E-state index contributed by atoms with van der Waals surface area (Å²) in [5.41, 5.74) is 2.45. The average Bonchev–Trinajstić information content (AvgIpc) is 2.54. The molecule has 0 saturated heterocycles. The fourth-order valence-corrected chi connectivity index (χ4v) is 2.22. The third kappa shape index (κ3) is 3.85. The molecule has 0 aliphatic heterocycles. The van der Waals surface area contributed by atoms with Gasteiger partial charge in [0, 0.05) is 31.4 Å². The molecule has 0 aliphatic rings. The van der Waals surface area contributed by atoms with Crippen LogP contribution in [0, 0.1) is 10.1 Å². The average molecular weight is 313 g/mol. The number of nitrogens with one attached hydrogen (secondary N) is 1. The van der Waals surface area contributed by atoms with Gasteiger partial charge < -0.3 is 10.2 Å². The summed E-state index contributed by atoms with van der Waals surface area (Å²) in [6.45, 7) is 2.05. The zero-order valence-corrected chi connectivity index (χ0v) is 13.4. The van der Waals surface area contributed by atoms with E-state index in [2.05, 4.69) is 12.2 Å². The quantitative estimate of drug-likeness (QED) is 0.677. The number of nitro groups is 1. The number of amides is 1. The lowest BCUT2D eigenvalue weighted by Crippen LogP contribution is -2.15. The Morgan fingerprint density at radius 2 is 1.83 bits per heavy atom. The minimum absolute atomic E-state index is 0.0935. The van der Waals surface area contributed by atoms with Crippen molar-refractivity contribution in [1.82, 2.24) is 0 Å². The largest absolute Gasteiger partial charge is 0.372 e. The maximum Gasteiger partial charge on any atom is 0.293 e. The number of anilines is 2. The second-order valence-corrected chi connectivity index (χ2v) is 5.36. The van der Waals surface area contributed by atoms with E-state index in [-0.39, 0.29) is 17.2 Å². The molecule has 0 radical (unpaired) electrons. The maximum absolute atomic E-state index is 12.3. The number of aryl methyl sites for hydroxylation is 1. The van der Waals surface area contributed by atoms with Gasteiger partial charge in [-0.2, -0.15) is 0 Å². The molecule has 6 nitrogen and oxygen atoms in total. The standard InChI is InChI=1S/C17H19N3O3/c1-4-12-5-8-14(9-6-12)18-17(21)13-7-10-15(19(2)3)16(11-13)20(22)23/h5-11H,4H2,1-3H3,(H,18,21). The highest BCUT2D eigenvalue weighted by Gasteiger charge is 2.18. The van der Waals surface area contributed by atoms with Gasteiger partial charge in [-0.1, -0.05) is 19.1 Å². The number of nitro benzene ring substituents is 1. The molecular weight excluding hydrogens is 294 g/mol. The molecule has 120 valence electrons. The van der Waals surface area contributed by atoms with Crippen LogP contribution in [0.25, 0.3) is 0 Å². The van der Waals surface area contributed by atoms with Crippen LogP contribution in [0.2, 0.25) is 0 Å². The Labute approximate surface area is 134 Å². The van der Waals surface area contributed by atoms with Crippen LogP contribution in [0.4, 0.5) is 17.1 Å². The van der Waals surface area contributed by atoms with E-state index in [0.717, 1.165) is 6.42 Å². The molecule has 0 spiro atoms. The molecule has 0 atom stereocenters. The van der Waals surface area contributed by atoms with E-state index in [1.54, 1.807) is 31.1 Å². The topological polar surface area (TPSA) is 75.5 Å². The monoisotopic (exact) mass is 313 g/mol. The van der Waals surface area contributed by atoms with Crippen LogP contribution in [0.3, 0.4) is 0 Å². The number of carbonyl (C=O) groups excluding carboxylic acids is 1. The van der Waals surface area contributed by atoms with Crippen LogP contribution < -0.4 is 10.2 Å². The van der Waals surface area contributed by atoms with Gasteiger partial charge in [-0.15, -0.1) is 0 Å². The lowest BCUT2D eigenvalue weighted by Gasteiger charge is -2.13. The van der Waals surface area contributed by atoms with E-state index in [1.165, 1.54) is 11.6 Å². The first-order valence-corrected chi connectivity index (χ1v) is 7.28. The van der Waals surface area contributed by atoms with Crippen LogP contribution in [-0.4, -0.2) is 24.9 Å². The summed E-state index contributed by atoms with van der Waals surface area (Å²) < 4.78 is 0. The van der Waals surface area contributed by atoms with Gasteiger partial charge in [0.15, 0.2) is 0 Å². The van der Waals surface area contributed by atoms with Gasteiger partial charge in [0.05, 0.1) is 4.92 Å². The third-order valence-corrected chi connectivity index (χ3v) is 3.54. The Balaban J connectivity index is 2.24. The first-order chi connectivity index (χ1) is 10.9. The Bertz CT molecular complexity index is 724. The van der Waals surface area contributed by atoms with Crippen molar-refractivity contribution in [2.24, 2.45) is 0 Å². The second kappa shape index (κ2) is 6.91. The summed E-state index contributed by atoms with van der Waals surface area (Å²) in [5.74, 6) is -0.373. The highest BCUT2D eigenvalue weighted by Crippen LogP contribution is 2.28. The van der Waals surface area contributed by atoms with E-state index >= 15 is 0 Å². The van der Waals surface area contributed by atoms with Gasteiger partial charge in [-0.25, -0.2) is 0 Å². The number of rotatable bonds is 5. The van der Waals surface area contributed by atoms with E-state index in [9.17, 15) is 14.9 Å². The molecule has 2 rings (SSSR count). The zero-order valence-electron chi connectivity index (χ0n) is 13.4. The summed E-state index contributed by atoms with van der Waals surface area (Å²) in [5, 5.41) is 13.9. The van der Waals surface area contributed by atoms with Crippen molar-refractivity contribution < 1.29 is 9.72 Å². The van der Waals surface area contributed by atoms with E-state index < -0.39 is 4.92 Å². The minimum atomic E-state index is -0.484. The molecule has 2 aromatic carbocycles. The van der Waals surface area contributed by atoms with Crippen molar-refractivity contribution in [2.45, 2.75) is 13.3 Å². The van der Waals surface area contributed by atoms with E-state index in [0.29, 0.717) is 11.4 Å². The Hall–Kier alpha value is -2.89. The number of benzene rings is 2. The van der Waals surface area contributed by atoms with Gasteiger partial charge >= 0.3 is 0 Å². The summed E-state index contributed by atoms with van der Waals surface area (Å²) in [4.78, 5) is 24.6. The van der Waals surface area contributed by atoms with Crippen LogP contribution in [0.5, 0.6) is 0 Å². The molecule has 23 heavy (non-hydrogen) atoms. The highest BCUT2D eigenvalue weighted by atomic mass is 16.6. The fourth-order valence-electron chi connectivity index (χ4n) is 2.22. The van der Waals surface area contributed by atoms with Crippen LogP contribution in [-0.2, 0) is 6.42 Å². The Morgan fingerprint density at radius 3 is 2.35 bits per heavy atom. The van der Waals surface area contributed by atoms with Gasteiger partial charge in [-0.05, 0) is 36.2 Å². The van der Waals surface area contributed by atoms with Gasteiger partial charge in [0.25, 0.3) is 11.6 Å². The second-order valence-electron chi connectivity index (χ2n) is 5.36. The molecule has 0 aliphatic carbocycles. The lowest BCUT2D eigenvalue weighted by atomic mass is 10.1. The molecule has 1 N–H and O–H groups in total. The predicted molar refractivity (Wildman–Crippen MR) is 91.2 cm³/mol. The SMILES string of the molecule is CCc1ccc(NC(=O)c2ccc(N(C)C)c([N+](=O)[O-])c2)cc1. The lowest BCUT2D eigenvalue weighted by molar-refractivity contribution is -0.384. The van der Waals surface area contributed by atoms with Crippen molar-refractivity contribution >= 4 is 23.0 Å². The number of carbonyl (C=O) groups is 1. The number of hydrogen-bond donors (Lipinski definition) is 1. The zero-order chi connectivity index (χ0) is 17.0. The molecule has 0 aromatic heterocycles. The van der Waals surface area contributed by atoms with Crippen molar-refractivity contribution in [3.8, 4) is 0 Å². The van der Waals surface area contributed by atoms with E-state index in [1.807, 2.05) is 24.3 Å². The predicted octanol–water partition coefficient (Wildman–Crippen LogP) is 3.48. The molecule has 1 amide bonds. The minimum Gasteiger partial charge on any atom is -0.372 e. The first-order valence-electron chi connectivity index (χ1n) is 7.28. The fraction of sp³-hybridized carbons (Fsp3) is 0.235. The Kier molecular flexibility index (Phi) is 4.95. The van der Waals surface area contributed by atoms with Crippen LogP contribution in [0.1, 0.15) is 22.8 Å². The molecule has 0 saturated carbocycles. The summed E-state index contributed by atoms with van der Waals surface area (Å²) in [7, 11) is 3.44. The summed E-state index contributed by atoms with van der Waals surface area (Å²) in [6.07, 6.45) is 0.923. The molecule has 2 aromatic rings. The number of hydrogen-bond acceptors (Lipinski definition) is 4. The van der Waals surface area contributed by atoms with Gasteiger partial charge in [0.2, 0.25) is 0 Å². The van der Waals surface area contributed by atoms with Crippen molar-refractivity contribution in [3.63, 3.8) is 0 Å². The molecule has 0 fully saturated rings. The molecule has 0 unspecified atom stereocenters. The summed E-state index contributed by atoms with van der Waals surface area (Å²) in [6, 6.07) is 12.0. The van der Waals surface area contributed by atoms with Crippen LogP contribution in [0.15, 0.2) is 42.5 Å². The first kappa shape index (κ1) is 16.5. The third-order valence-electron chi connectivity index (χ3n) is 3.54. The van der Waals surface area contributed by atoms with Gasteiger partial charge in [0.1, 0.15) is 5.69 Å². The highest BCUT2D eigenvalue weighted by molar-refractivity contribution is 6.05. The molecule has 0 heterocycles. The van der Waals surface area contributed by atoms with Crippen molar-refractivity contribution in [2.75, 3.05) is 24.3 Å². The molecular formula is C17H19N3O3.